The first-order valence-electron chi connectivity index (χ1n) is 15.3. The number of nitrogens with one attached hydrogen (secondary N) is 3. The molecule has 3 aromatic carbocycles. The fraction of sp³-hybridized carbons (Fsp3) is 0.343. The predicted octanol–water partition coefficient (Wildman–Crippen LogP) is 4.57. The second-order valence-corrected chi connectivity index (χ2v) is 12.1. The van der Waals surface area contributed by atoms with Crippen LogP contribution in [0.4, 0.5) is 16.2 Å². The van der Waals surface area contributed by atoms with E-state index in [0.717, 1.165) is 27.7 Å². The Morgan fingerprint density at radius 3 is 2.27 bits per heavy atom. The Balaban J connectivity index is 1.42. The van der Waals surface area contributed by atoms with Crippen LogP contribution in [0.15, 0.2) is 79.0 Å². The van der Waals surface area contributed by atoms with Crippen molar-refractivity contribution in [3.8, 4) is 0 Å². The number of hydrogen-bond donors (Lipinski definition) is 3. The molecule has 4 aromatic rings. The number of rotatable bonds is 9. The molecule has 0 aliphatic carbocycles. The van der Waals surface area contributed by atoms with E-state index in [1.807, 2.05) is 86.7 Å². The van der Waals surface area contributed by atoms with Crippen LogP contribution >= 0.6 is 0 Å². The van der Waals surface area contributed by atoms with E-state index in [1.165, 1.54) is 4.90 Å². The van der Waals surface area contributed by atoms with Crippen LogP contribution < -0.4 is 15.5 Å². The van der Waals surface area contributed by atoms with Crippen molar-refractivity contribution >= 4 is 40.1 Å². The topological polar surface area (TPSA) is 104 Å². The quantitative estimate of drug-likeness (QED) is 0.258. The number of piperazine rings is 1. The normalized spacial score (nSPS) is 14.7. The summed E-state index contributed by atoms with van der Waals surface area (Å²) in [5, 5.41) is 7.09. The zero-order chi connectivity index (χ0) is 32.1. The molecule has 10 heteroatoms. The summed E-state index contributed by atoms with van der Waals surface area (Å²) in [6.45, 7) is 5.04. The molecule has 1 fully saturated rings. The number of H-pyrrole nitrogens is 1. The Morgan fingerprint density at radius 1 is 0.889 bits per heavy atom. The number of anilines is 2. The maximum atomic E-state index is 14.2. The SMILES string of the molecule is CC(c1c[nH]c2ccccc12)C(NC(=O)N1CCN(c2ccccc2)CC1)C(=O)Nc1cc(CN(C)C)ccc1C(=O)N(C)C. The van der Waals surface area contributed by atoms with Gasteiger partial charge in [0.05, 0.1) is 11.3 Å². The van der Waals surface area contributed by atoms with Crippen LogP contribution in [0.2, 0.25) is 0 Å². The number of urea groups is 1. The van der Waals surface area contributed by atoms with Crippen LogP contribution in [-0.4, -0.2) is 97.9 Å². The van der Waals surface area contributed by atoms with Crippen molar-refractivity contribution < 1.29 is 14.4 Å². The van der Waals surface area contributed by atoms with Crippen LogP contribution in [0, 0.1) is 0 Å². The summed E-state index contributed by atoms with van der Waals surface area (Å²) < 4.78 is 0. The van der Waals surface area contributed by atoms with Crippen molar-refractivity contribution in [1.82, 2.24) is 25.0 Å². The van der Waals surface area contributed by atoms with E-state index in [-0.39, 0.29) is 23.8 Å². The van der Waals surface area contributed by atoms with Crippen molar-refractivity contribution in [1.29, 1.82) is 0 Å². The molecule has 2 unspecified atom stereocenters. The van der Waals surface area contributed by atoms with Gasteiger partial charge < -0.3 is 35.2 Å². The number of carbonyl (C=O) groups excluding carboxylic acids is 3. The van der Waals surface area contributed by atoms with Gasteiger partial charge in [-0.1, -0.05) is 49.4 Å². The lowest BCUT2D eigenvalue weighted by molar-refractivity contribution is -0.118. The molecule has 45 heavy (non-hydrogen) atoms. The highest BCUT2D eigenvalue weighted by Gasteiger charge is 2.33. The van der Waals surface area contributed by atoms with E-state index in [1.54, 1.807) is 25.1 Å². The zero-order valence-corrected chi connectivity index (χ0v) is 26.7. The van der Waals surface area contributed by atoms with E-state index in [2.05, 4.69) is 32.7 Å². The van der Waals surface area contributed by atoms with Crippen molar-refractivity contribution in [2.45, 2.75) is 25.4 Å². The number of para-hydroxylation sites is 2. The molecule has 236 valence electrons. The molecule has 1 aromatic heterocycles. The predicted molar refractivity (Wildman–Crippen MR) is 180 cm³/mol. The first-order chi connectivity index (χ1) is 21.6. The van der Waals surface area contributed by atoms with Crippen LogP contribution in [0.25, 0.3) is 10.9 Å². The average molecular weight is 610 g/mol. The van der Waals surface area contributed by atoms with Crippen molar-refractivity contribution in [3.63, 3.8) is 0 Å². The third-order valence-corrected chi connectivity index (χ3v) is 8.34. The van der Waals surface area contributed by atoms with Gasteiger partial charge in [0, 0.05) is 75.5 Å². The van der Waals surface area contributed by atoms with E-state index >= 15 is 0 Å². The third kappa shape index (κ3) is 7.29. The summed E-state index contributed by atoms with van der Waals surface area (Å²) in [6.07, 6.45) is 1.90. The standard InChI is InChI=1S/C35H43N7O3/c1-24(29-22-36-30-14-10-9-13-27(29)30)32(38-35(45)42-19-17-41(18-20-42)26-11-7-6-8-12-26)33(43)37-31-21-25(23-39(2)3)15-16-28(31)34(44)40(4)5/h6-16,21-22,24,32,36H,17-20,23H2,1-5H3,(H,37,43)(H,38,45). The molecule has 0 spiro atoms. The number of amides is 4. The summed E-state index contributed by atoms with van der Waals surface area (Å²) in [7, 11) is 7.29. The third-order valence-electron chi connectivity index (χ3n) is 8.34. The molecule has 0 bridgehead atoms. The highest BCUT2D eigenvalue weighted by Crippen LogP contribution is 2.29. The molecule has 10 nitrogen and oxygen atoms in total. The first-order valence-corrected chi connectivity index (χ1v) is 15.3. The van der Waals surface area contributed by atoms with Crippen molar-refractivity contribution in [3.05, 3.63) is 95.7 Å². The Labute approximate surface area is 265 Å². The fourth-order valence-electron chi connectivity index (χ4n) is 5.89. The van der Waals surface area contributed by atoms with Crippen LogP contribution in [0.1, 0.15) is 34.3 Å². The van der Waals surface area contributed by atoms with E-state index < -0.39 is 6.04 Å². The minimum atomic E-state index is -0.913. The minimum absolute atomic E-state index is 0.219. The van der Waals surface area contributed by atoms with Gasteiger partial charge in [-0.2, -0.15) is 0 Å². The van der Waals surface area contributed by atoms with Gasteiger partial charge in [0.25, 0.3) is 5.91 Å². The molecule has 1 aliphatic rings. The number of aromatic amines is 1. The second-order valence-electron chi connectivity index (χ2n) is 12.1. The van der Waals surface area contributed by atoms with E-state index in [4.69, 9.17) is 0 Å². The number of aromatic nitrogens is 1. The van der Waals surface area contributed by atoms with Gasteiger partial charge >= 0.3 is 6.03 Å². The Bertz CT molecular complexity index is 1640. The van der Waals surface area contributed by atoms with Gasteiger partial charge in [0.2, 0.25) is 5.91 Å². The van der Waals surface area contributed by atoms with Gasteiger partial charge in [-0.15, -0.1) is 0 Å². The van der Waals surface area contributed by atoms with Crippen LogP contribution in [-0.2, 0) is 11.3 Å². The molecule has 1 aliphatic heterocycles. The Morgan fingerprint density at radius 2 is 1.58 bits per heavy atom. The lowest BCUT2D eigenvalue weighted by Gasteiger charge is -2.37. The second kappa shape index (κ2) is 13.9. The Kier molecular flexibility index (Phi) is 9.73. The molecule has 0 saturated carbocycles. The van der Waals surface area contributed by atoms with E-state index in [9.17, 15) is 14.4 Å². The Hall–Kier alpha value is -4.83. The lowest BCUT2D eigenvalue weighted by Crippen LogP contribution is -2.56. The first kappa shape index (κ1) is 31.6. The lowest BCUT2D eigenvalue weighted by atomic mass is 9.92. The summed E-state index contributed by atoms with van der Waals surface area (Å²) in [5.41, 5.74) is 4.76. The van der Waals surface area contributed by atoms with Gasteiger partial charge in [0.1, 0.15) is 6.04 Å². The van der Waals surface area contributed by atoms with Crippen molar-refractivity contribution in [2.75, 3.05) is 64.6 Å². The summed E-state index contributed by atoms with van der Waals surface area (Å²) >= 11 is 0. The van der Waals surface area contributed by atoms with Crippen LogP contribution in [0.5, 0.6) is 0 Å². The molecule has 1 saturated heterocycles. The summed E-state index contributed by atoms with van der Waals surface area (Å²) in [6, 6.07) is 22.4. The molecule has 2 atom stereocenters. The zero-order valence-electron chi connectivity index (χ0n) is 26.7. The van der Waals surface area contributed by atoms with Gasteiger partial charge in [-0.3, -0.25) is 9.59 Å². The minimum Gasteiger partial charge on any atom is -0.368 e. The average Bonchev–Trinajstić information content (AvgIpc) is 3.47. The number of fused-ring (bicyclic) bond motifs is 1. The largest absolute Gasteiger partial charge is 0.368 e. The molecule has 4 amide bonds. The number of nitrogens with zero attached hydrogens (tertiary/aromatic N) is 4. The molecule has 0 radical (unpaired) electrons. The maximum Gasteiger partial charge on any atom is 0.318 e. The highest BCUT2D eigenvalue weighted by atomic mass is 16.2. The summed E-state index contributed by atoms with van der Waals surface area (Å²) in [4.78, 5) is 51.9. The number of benzene rings is 3. The van der Waals surface area contributed by atoms with E-state index in [0.29, 0.717) is 44.0 Å². The van der Waals surface area contributed by atoms with Gasteiger partial charge in [-0.05, 0) is 55.6 Å². The monoisotopic (exact) mass is 609 g/mol. The molecule has 2 heterocycles. The number of hydrogen-bond acceptors (Lipinski definition) is 5. The summed E-state index contributed by atoms with van der Waals surface area (Å²) in [5.74, 6) is -0.990. The van der Waals surface area contributed by atoms with Gasteiger partial charge in [0.15, 0.2) is 0 Å². The highest BCUT2D eigenvalue weighted by molar-refractivity contribution is 6.06. The molecule has 5 rings (SSSR count). The van der Waals surface area contributed by atoms with Crippen LogP contribution in [0.3, 0.4) is 0 Å². The number of carbonyl (C=O) groups is 3. The smallest absolute Gasteiger partial charge is 0.318 e. The molecular formula is C35H43N7O3. The fourth-order valence-corrected chi connectivity index (χ4v) is 5.89. The van der Waals surface area contributed by atoms with Crippen molar-refractivity contribution in [2.24, 2.45) is 0 Å². The molecular weight excluding hydrogens is 566 g/mol. The maximum absolute atomic E-state index is 14.2. The van der Waals surface area contributed by atoms with Gasteiger partial charge in [-0.25, -0.2) is 4.79 Å². The molecule has 3 N–H and O–H groups in total.